The summed E-state index contributed by atoms with van der Waals surface area (Å²) in [4.78, 5) is 27.4. The molecule has 7 heteroatoms. The molecule has 0 rings (SSSR count). The van der Waals surface area contributed by atoms with Crippen LogP contribution in [0.1, 0.15) is 0 Å². The second kappa shape index (κ2) is 18.9. The molecule has 0 unspecified atom stereocenters. The number of carbonyl (C=O) groups is 3. The van der Waals surface area contributed by atoms with Crippen LogP contribution in [0.3, 0.4) is 0 Å². The van der Waals surface area contributed by atoms with Crippen LogP contribution in [0.4, 0.5) is 0 Å². The van der Waals surface area contributed by atoms with E-state index in [2.05, 4.69) is 19.7 Å². The van der Waals surface area contributed by atoms with Crippen molar-refractivity contribution in [3.8, 4) is 0 Å². The molecule has 0 aromatic heterocycles. The SMILES string of the molecule is C=CC(=O)[O-].C=CC(=O)[O-].C=CC(=O)[O-].[V]. The van der Waals surface area contributed by atoms with Gasteiger partial charge >= 0.3 is 0 Å². The Morgan fingerprint density at radius 3 is 0.750 bits per heavy atom. The molecule has 0 fully saturated rings. The molecular formula is C9H9O6V-3. The van der Waals surface area contributed by atoms with Crippen molar-refractivity contribution < 1.29 is 48.3 Å². The van der Waals surface area contributed by atoms with Gasteiger partial charge in [0, 0.05) is 18.6 Å². The summed E-state index contributed by atoms with van der Waals surface area (Å²) in [6.45, 7) is 8.69. The van der Waals surface area contributed by atoms with Crippen LogP contribution in [0.5, 0.6) is 0 Å². The fourth-order valence-electron chi connectivity index (χ4n) is 0. The van der Waals surface area contributed by atoms with Crippen molar-refractivity contribution in [2.45, 2.75) is 0 Å². The first-order valence-corrected chi connectivity index (χ1v) is 3.32. The molecule has 0 aliphatic heterocycles. The monoisotopic (exact) mass is 264 g/mol. The average molecular weight is 264 g/mol. The Morgan fingerprint density at radius 2 is 0.750 bits per heavy atom. The van der Waals surface area contributed by atoms with Gasteiger partial charge < -0.3 is 29.7 Å². The van der Waals surface area contributed by atoms with Crippen LogP contribution in [-0.4, -0.2) is 17.9 Å². The van der Waals surface area contributed by atoms with Crippen molar-refractivity contribution in [2.24, 2.45) is 0 Å². The first-order chi connectivity index (χ1) is 6.81. The topological polar surface area (TPSA) is 120 Å². The Hall–Kier alpha value is -1.79. The van der Waals surface area contributed by atoms with Crippen molar-refractivity contribution in [2.75, 3.05) is 0 Å². The van der Waals surface area contributed by atoms with E-state index < -0.39 is 17.9 Å². The number of carbonyl (C=O) groups excluding carboxylic acids is 3. The summed E-state index contributed by atoms with van der Waals surface area (Å²) in [5.41, 5.74) is 0. The standard InChI is InChI=1S/3C3H4O2.V/c3*1-2-3(4)5;/h3*2H,1H2,(H,4,5);/p-3. The Kier molecular flexibility index (Phi) is 28.1. The minimum absolute atomic E-state index is 0. The van der Waals surface area contributed by atoms with Crippen molar-refractivity contribution in [3.05, 3.63) is 38.0 Å². The first-order valence-electron chi connectivity index (χ1n) is 3.32. The molecule has 0 spiro atoms. The molecule has 0 aliphatic carbocycles. The van der Waals surface area contributed by atoms with E-state index in [1.165, 1.54) is 0 Å². The largest absolute Gasteiger partial charge is 0.545 e. The van der Waals surface area contributed by atoms with Gasteiger partial charge in [0.2, 0.25) is 0 Å². The Bertz CT molecular complexity index is 216. The van der Waals surface area contributed by atoms with Gasteiger partial charge in [-0.25, -0.2) is 0 Å². The zero-order valence-electron chi connectivity index (χ0n) is 8.25. The number of aliphatic carboxylic acids is 3. The van der Waals surface area contributed by atoms with E-state index in [0.29, 0.717) is 0 Å². The molecule has 16 heavy (non-hydrogen) atoms. The maximum atomic E-state index is 9.14. The second-order valence-corrected chi connectivity index (χ2v) is 1.57. The molecule has 1 radical (unpaired) electrons. The van der Waals surface area contributed by atoms with Gasteiger partial charge in [-0.3, -0.25) is 0 Å². The molecule has 0 saturated heterocycles. The molecule has 0 aromatic carbocycles. The fraction of sp³-hybridized carbons (Fsp3) is 0. The Morgan fingerprint density at radius 1 is 0.688 bits per heavy atom. The van der Waals surface area contributed by atoms with E-state index >= 15 is 0 Å². The molecule has 0 atom stereocenters. The predicted molar refractivity (Wildman–Crippen MR) is 45.6 cm³/mol. The van der Waals surface area contributed by atoms with E-state index in [1.54, 1.807) is 0 Å². The van der Waals surface area contributed by atoms with Crippen LogP contribution in [0, 0.1) is 0 Å². The molecule has 0 bridgehead atoms. The van der Waals surface area contributed by atoms with E-state index in [1.807, 2.05) is 0 Å². The summed E-state index contributed by atoms with van der Waals surface area (Å²) in [5, 5.41) is 27.4. The molecule has 89 valence electrons. The number of carboxylic acid groups (broad SMARTS) is 3. The molecule has 0 saturated carbocycles. The summed E-state index contributed by atoms with van der Waals surface area (Å²) in [6, 6.07) is 0. The number of hydrogen-bond acceptors (Lipinski definition) is 6. The smallest absolute Gasteiger partial charge is 0.0636 e. The summed E-state index contributed by atoms with van der Waals surface area (Å²) < 4.78 is 0. The van der Waals surface area contributed by atoms with Gasteiger partial charge in [0.05, 0.1) is 17.9 Å². The normalized spacial score (nSPS) is 6.00. The van der Waals surface area contributed by atoms with Crippen LogP contribution in [0.2, 0.25) is 0 Å². The maximum absolute atomic E-state index is 9.14. The third kappa shape index (κ3) is 86.5. The van der Waals surface area contributed by atoms with Gasteiger partial charge in [-0.2, -0.15) is 0 Å². The molecule has 0 amide bonds. The third-order valence-corrected chi connectivity index (χ3v) is 0.500. The van der Waals surface area contributed by atoms with Gasteiger partial charge in [0.25, 0.3) is 0 Å². The van der Waals surface area contributed by atoms with E-state index in [9.17, 15) is 0 Å². The zero-order chi connectivity index (χ0) is 12.9. The van der Waals surface area contributed by atoms with Crippen molar-refractivity contribution >= 4 is 17.9 Å². The minimum Gasteiger partial charge on any atom is -0.545 e. The summed E-state index contributed by atoms with van der Waals surface area (Å²) in [5.74, 6) is -3.69. The molecule has 0 aliphatic rings. The quantitative estimate of drug-likeness (QED) is 0.494. The van der Waals surface area contributed by atoms with Crippen LogP contribution in [0.25, 0.3) is 0 Å². The van der Waals surface area contributed by atoms with Gasteiger partial charge in [0.1, 0.15) is 0 Å². The first kappa shape index (κ1) is 23.8. The average Bonchev–Trinajstić information content (AvgIpc) is 2.19. The maximum Gasteiger partial charge on any atom is 0.0636 e. The Labute approximate surface area is 104 Å². The van der Waals surface area contributed by atoms with E-state index in [0.717, 1.165) is 18.2 Å². The van der Waals surface area contributed by atoms with Crippen molar-refractivity contribution in [1.82, 2.24) is 0 Å². The third-order valence-electron chi connectivity index (χ3n) is 0.500. The number of carboxylic acids is 3. The molecule has 0 heterocycles. The molecule has 6 nitrogen and oxygen atoms in total. The molecular weight excluding hydrogens is 255 g/mol. The van der Waals surface area contributed by atoms with Crippen LogP contribution in [-0.2, 0) is 32.9 Å². The molecule has 0 N–H and O–H groups in total. The molecule has 0 aromatic rings. The summed E-state index contributed by atoms with van der Waals surface area (Å²) in [7, 11) is 0. The van der Waals surface area contributed by atoms with E-state index in [4.69, 9.17) is 29.7 Å². The minimum atomic E-state index is -1.23. The van der Waals surface area contributed by atoms with Gasteiger partial charge in [0.15, 0.2) is 0 Å². The fourth-order valence-corrected chi connectivity index (χ4v) is 0. The van der Waals surface area contributed by atoms with Gasteiger partial charge in [-0.15, -0.1) is 0 Å². The predicted octanol–water partition coefficient (Wildman–Crippen LogP) is -3.24. The van der Waals surface area contributed by atoms with Crippen molar-refractivity contribution in [1.29, 1.82) is 0 Å². The van der Waals surface area contributed by atoms with Crippen LogP contribution >= 0.6 is 0 Å². The second-order valence-electron chi connectivity index (χ2n) is 1.57. The number of hydrogen-bond donors (Lipinski definition) is 0. The Balaban J connectivity index is -0.0000000655. The van der Waals surface area contributed by atoms with E-state index in [-0.39, 0.29) is 18.6 Å². The summed E-state index contributed by atoms with van der Waals surface area (Å²) >= 11 is 0. The van der Waals surface area contributed by atoms with Crippen LogP contribution < -0.4 is 15.3 Å². The van der Waals surface area contributed by atoms with Crippen molar-refractivity contribution in [3.63, 3.8) is 0 Å². The van der Waals surface area contributed by atoms with Crippen LogP contribution in [0.15, 0.2) is 38.0 Å². The zero-order valence-corrected chi connectivity index (χ0v) is 9.65. The number of rotatable bonds is 3. The summed E-state index contributed by atoms with van der Waals surface area (Å²) in [6.07, 6.45) is 2.17. The van der Waals surface area contributed by atoms with Gasteiger partial charge in [-0.1, -0.05) is 19.7 Å². The van der Waals surface area contributed by atoms with Gasteiger partial charge in [-0.05, 0) is 18.2 Å².